The summed E-state index contributed by atoms with van der Waals surface area (Å²) >= 11 is 0. The lowest BCUT2D eigenvalue weighted by Gasteiger charge is -2.17. The van der Waals surface area contributed by atoms with Gasteiger partial charge >= 0.3 is 0 Å². The van der Waals surface area contributed by atoms with E-state index in [4.69, 9.17) is 0 Å². The molecule has 33 heavy (non-hydrogen) atoms. The van der Waals surface area contributed by atoms with Crippen molar-refractivity contribution in [1.29, 1.82) is 0 Å². The molecule has 2 unspecified atom stereocenters. The Morgan fingerprint density at radius 1 is 0.576 bits per heavy atom. The van der Waals surface area contributed by atoms with Gasteiger partial charge in [-0.05, 0) is 32.6 Å². The molecule has 0 amide bonds. The van der Waals surface area contributed by atoms with Crippen LogP contribution in [-0.4, -0.2) is 4.98 Å². The molecular formula is C31H61N2+. The van der Waals surface area contributed by atoms with Crippen LogP contribution in [0.25, 0.3) is 0 Å². The van der Waals surface area contributed by atoms with E-state index in [1.165, 1.54) is 147 Å². The van der Waals surface area contributed by atoms with Crippen LogP contribution in [0.15, 0.2) is 12.4 Å². The normalized spacial score (nSPS) is 13.5. The molecule has 0 bridgehead atoms. The van der Waals surface area contributed by atoms with Crippen LogP contribution in [-0.2, 0) is 0 Å². The van der Waals surface area contributed by atoms with Gasteiger partial charge in [-0.2, -0.15) is 0 Å². The molecule has 2 atom stereocenters. The molecule has 0 saturated heterocycles. The Morgan fingerprint density at radius 3 is 1.48 bits per heavy atom. The van der Waals surface area contributed by atoms with Gasteiger partial charge in [0.1, 0.15) is 12.4 Å². The Hall–Kier alpha value is -0.790. The molecule has 1 aromatic rings. The molecule has 0 aliphatic rings. The Kier molecular flexibility index (Phi) is 19.9. The van der Waals surface area contributed by atoms with Crippen molar-refractivity contribution >= 4 is 0 Å². The monoisotopic (exact) mass is 461 g/mol. The number of rotatable bonds is 24. The number of H-pyrrole nitrogens is 1. The summed E-state index contributed by atoms with van der Waals surface area (Å²) in [5.74, 6) is 2.22. The van der Waals surface area contributed by atoms with Crippen molar-refractivity contribution in [3.8, 4) is 0 Å². The number of nitrogens with zero attached hydrogens (tertiary/aromatic N) is 1. The lowest BCUT2D eigenvalue weighted by Crippen LogP contribution is -2.41. The fourth-order valence-electron chi connectivity index (χ4n) is 5.35. The minimum absolute atomic E-state index is 0.621. The maximum atomic E-state index is 3.66. The molecule has 0 aliphatic heterocycles. The first-order valence-corrected chi connectivity index (χ1v) is 15.3. The third-order valence-corrected chi connectivity index (χ3v) is 7.64. The third-order valence-electron chi connectivity index (χ3n) is 7.64. The zero-order valence-electron chi connectivity index (χ0n) is 23.3. The van der Waals surface area contributed by atoms with Crippen molar-refractivity contribution in [3.05, 3.63) is 18.2 Å². The standard InChI is InChI=1S/C31H60N2/c1-5-8-11-13-14-15-16-17-18-19-20-21-23-26-30(25-22-12-9-6-2)31-32-27-28-33(31)29(4)24-10-7-3/h27-30H,5-26H2,1-4H3/p+1. The Balaban J connectivity index is 2.30. The molecule has 0 radical (unpaired) electrons. The molecule has 0 aliphatic carbocycles. The van der Waals surface area contributed by atoms with Gasteiger partial charge in [-0.1, -0.05) is 136 Å². The minimum atomic E-state index is 0.621. The first-order chi connectivity index (χ1) is 16.2. The van der Waals surface area contributed by atoms with Gasteiger partial charge in [0.05, 0.1) is 12.0 Å². The van der Waals surface area contributed by atoms with Crippen molar-refractivity contribution in [1.82, 2.24) is 4.98 Å². The third kappa shape index (κ3) is 14.9. The Labute approximate surface area is 208 Å². The zero-order chi connectivity index (χ0) is 24.0. The van der Waals surface area contributed by atoms with Crippen LogP contribution in [0, 0.1) is 0 Å². The molecule has 0 fully saturated rings. The summed E-state index contributed by atoms with van der Waals surface area (Å²) in [4.78, 5) is 3.66. The van der Waals surface area contributed by atoms with E-state index in [9.17, 15) is 0 Å². The first-order valence-electron chi connectivity index (χ1n) is 15.3. The molecular weight excluding hydrogens is 400 g/mol. The lowest BCUT2D eigenvalue weighted by atomic mass is 9.93. The number of imidazole rings is 1. The highest BCUT2D eigenvalue weighted by Gasteiger charge is 2.25. The topological polar surface area (TPSA) is 19.7 Å². The molecule has 2 nitrogen and oxygen atoms in total. The van der Waals surface area contributed by atoms with Gasteiger partial charge < -0.3 is 0 Å². The van der Waals surface area contributed by atoms with Crippen molar-refractivity contribution in [2.24, 2.45) is 0 Å². The van der Waals surface area contributed by atoms with E-state index in [0.717, 1.165) is 0 Å². The predicted octanol–water partition coefficient (Wildman–Crippen LogP) is 10.6. The molecule has 194 valence electrons. The summed E-state index contributed by atoms with van der Waals surface area (Å²) < 4.78 is 2.57. The fraction of sp³-hybridized carbons (Fsp3) is 0.903. The summed E-state index contributed by atoms with van der Waals surface area (Å²) in [6.07, 6.45) is 35.4. The van der Waals surface area contributed by atoms with Crippen LogP contribution < -0.4 is 4.57 Å². The number of hydrogen-bond donors (Lipinski definition) is 1. The van der Waals surface area contributed by atoms with E-state index in [-0.39, 0.29) is 0 Å². The minimum Gasteiger partial charge on any atom is -0.247 e. The summed E-state index contributed by atoms with van der Waals surface area (Å²) in [5, 5.41) is 0. The highest BCUT2D eigenvalue weighted by atomic mass is 15.1. The molecule has 1 N–H and O–H groups in total. The van der Waals surface area contributed by atoms with Crippen LogP contribution in [0.2, 0.25) is 0 Å². The predicted molar refractivity (Wildman–Crippen MR) is 147 cm³/mol. The number of nitrogens with one attached hydrogen (secondary N) is 1. The SMILES string of the molecule is CCCCCCCCCCCCCCCC(CCCCCC)c1[nH]cc[n+]1C(C)CCCC. The average molecular weight is 462 g/mol. The van der Waals surface area contributed by atoms with Gasteiger partial charge in [0.15, 0.2) is 0 Å². The first kappa shape index (κ1) is 30.2. The van der Waals surface area contributed by atoms with E-state index < -0.39 is 0 Å². The Bertz CT molecular complexity index is 521. The summed E-state index contributed by atoms with van der Waals surface area (Å²) in [7, 11) is 0. The smallest absolute Gasteiger partial charge is 0.247 e. The summed E-state index contributed by atoms with van der Waals surface area (Å²) in [6, 6.07) is 0.621. The Morgan fingerprint density at radius 2 is 1.00 bits per heavy atom. The maximum Gasteiger partial charge on any atom is 0.257 e. The van der Waals surface area contributed by atoms with Crippen LogP contribution in [0.4, 0.5) is 0 Å². The van der Waals surface area contributed by atoms with E-state index in [1.54, 1.807) is 0 Å². The highest BCUT2D eigenvalue weighted by Crippen LogP contribution is 2.27. The van der Waals surface area contributed by atoms with Gasteiger partial charge in [-0.3, -0.25) is 0 Å². The number of unbranched alkanes of at least 4 members (excludes halogenated alkanes) is 16. The molecule has 0 aromatic carbocycles. The van der Waals surface area contributed by atoms with Gasteiger partial charge in [0.2, 0.25) is 0 Å². The second-order valence-electron chi connectivity index (χ2n) is 10.8. The molecule has 0 saturated carbocycles. The van der Waals surface area contributed by atoms with Crippen molar-refractivity contribution in [3.63, 3.8) is 0 Å². The van der Waals surface area contributed by atoms with Crippen LogP contribution in [0.3, 0.4) is 0 Å². The second-order valence-corrected chi connectivity index (χ2v) is 10.8. The van der Waals surface area contributed by atoms with Crippen molar-refractivity contribution in [2.45, 2.75) is 181 Å². The quantitative estimate of drug-likeness (QED) is 0.117. The van der Waals surface area contributed by atoms with Crippen LogP contribution in [0.5, 0.6) is 0 Å². The van der Waals surface area contributed by atoms with E-state index in [2.05, 4.69) is 49.6 Å². The fourth-order valence-corrected chi connectivity index (χ4v) is 5.35. The summed E-state index contributed by atoms with van der Waals surface area (Å²) in [6.45, 7) is 9.34. The molecule has 2 heteroatoms. The van der Waals surface area contributed by atoms with Gasteiger partial charge in [0.25, 0.3) is 5.82 Å². The number of aromatic nitrogens is 2. The molecule has 1 rings (SSSR count). The second kappa shape index (κ2) is 21.7. The maximum absolute atomic E-state index is 3.66. The van der Waals surface area contributed by atoms with Crippen LogP contribution in [0.1, 0.15) is 187 Å². The molecule has 1 aromatic heterocycles. The summed E-state index contributed by atoms with van der Waals surface area (Å²) in [5.41, 5.74) is 0. The van der Waals surface area contributed by atoms with Gasteiger partial charge in [0, 0.05) is 0 Å². The van der Waals surface area contributed by atoms with Crippen LogP contribution >= 0.6 is 0 Å². The van der Waals surface area contributed by atoms with E-state index in [0.29, 0.717) is 12.0 Å². The average Bonchev–Trinajstić information content (AvgIpc) is 3.31. The van der Waals surface area contributed by atoms with Gasteiger partial charge in [-0.25, -0.2) is 9.55 Å². The van der Waals surface area contributed by atoms with Crippen molar-refractivity contribution < 1.29 is 4.57 Å². The molecule has 0 spiro atoms. The molecule has 1 heterocycles. The lowest BCUT2D eigenvalue weighted by molar-refractivity contribution is -0.727. The number of hydrogen-bond acceptors (Lipinski definition) is 0. The van der Waals surface area contributed by atoms with Crippen molar-refractivity contribution in [2.75, 3.05) is 0 Å². The highest BCUT2D eigenvalue weighted by molar-refractivity contribution is 4.90. The zero-order valence-corrected chi connectivity index (χ0v) is 23.3. The van der Waals surface area contributed by atoms with E-state index in [1.807, 2.05) is 0 Å². The largest absolute Gasteiger partial charge is 0.257 e. The number of aromatic amines is 1. The van der Waals surface area contributed by atoms with Gasteiger partial charge in [-0.15, -0.1) is 0 Å². The van der Waals surface area contributed by atoms with E-state index >= 15 is 0 Å².